The lowest BCUT2D eigenvalue weighted by Gasteiger charge is -2.70. The van der Waals surface area contributed by atoms with E-state index < -0.39 is 97.8 Å². The van der Waals surface area contributed by atoms with E-state index >= 15 is 0 Å². The van der Waals surface area contributed by atoms with Gasteiger partial charge in [-0.3, -0.25) is 0 Å². The van der Waals surface area contributed by atoms with Crippen molar-refractivity contribution < 1.29 is 64.9 Å². The van der Waals surface area contributed by atoms with E-state index in [-0.39, 0.29) is 39.9 Å². The molecule has 0 aromatic heterocycles. The minimum Gasteiger partial charge on any atom is -0.394 e. The Morgan fingerprint density at radius 2 is 1.33 bits per heavy atom. The van der Waals surface area contributed by atoms with Gasteiger partial charge in [-0.15, -0.1) is 0 Å². The Balaban J connectivity index is 1.23. The van der Waals surface area contributed by atoms with Crippen LogP contribution in [0.3, 0.4) is 0 Å². The minimum atomic E-state index is -1.75. The molecule has 0 spiro atoms. The van der Waals surface area contributed by atoms with Gasteiger partial charge in [0.2, 0.25) is 0 Å². The molecule has 4 saturated carbocycles. The van der Waals surface area contributed by atoms with Crippen LogP contribution < -0.4 is 0 Å². The van der Waals surface area contributed by atoms with Crippen molar-refractivity contribution in [1.29, 1.82) is 0 Å². The van der Waals surface area contributed by atoms with Gasteiger partial charge in [0.15, 0.2) is 12.6 Å². The van der Waals surface area contributed by atoms with Gasteiger partial charge >= 0.3 is 0 Å². The van der Waals surface area contributed by atoms with E-state index in [2.05, 4.69) is 54.5 Å². The second kappa shape index (κ2) is 15.7. The molecule has 13 heteroatoms. The summed E-state index contributed by atoms with van der Waals surface area (Å²) >= 11 is 0. The lowest BCUT2D eigenvalue weighted by Crippen LogP contribution is -2.68. The van der Waals surface area contributed by atoms with Crippen molar-refractivity contribution in [3.63, 3.8) is 0 Å². The van der Waals surface area contributed by atoms with E-state index in [4.69, 9.17) is 18.9 Å². The smallest absolute Gasteiger partial charge is 0.187 e. The van der Waals surface area contributed by atoms with Crippen LogP contribution in [0.5, 0.6) is 0 Å². The fourth-order valence-electron chi connectivity index (χ4n) is 13.3. The van der Waals surface area contributed by atoms with Crippen LogP contribution in [0.4, 0.5) is 0 Å². The van der Waals surface area contributed by atoms with Crippen molar-refractivity contribution in [2.75, 3.05) is 13.2 Å². The molecule has 2 aliphatic heterocycles. The van der Waals surface area contributed by atoms with Crippen molar-refractivity contribution in [2.45, 2.75) is 192 Å². The first-order valence-corrected chi connectivity index (χ1v) is 20.9. The summed E-state index contributed by atoms with van der Waals surface area (Å²) in [6.07, 6.45) is -6.48. The molecule has 6 rings (SSSR count). The number of hydrogen-bond donors (Lipinski definition) is 9. The average molecular weight is 785 g/mol. The third kappa shape index (κ3) is 7.20. The lowest BCUT2D eigenvalue weighted by atomic mass is 9.35. The van der Waals surface area contributed by atoms with Gasteiger partial charge < -0.3 is 64.9 Å². The zero-order valence-corrected chi connectivity index (χ0v) is 34.3. The Morgan fingerprint density at radius 1 is 0.727 bits per heavy atom. The molecule has 13 nitrogen and oxygen atoms in total. The molecule has 6 aliphatic rings. The molecule has 20 atom stereocenters. The molecule has 2 heterocycles. The van der Waals surface area contributed by atoms with Crippen molar-refractivity contribution in [1.82, 2.24) is 0 Å². The number of aliphatic hydroxyl groups excluding tert-OH is 8. The Kier molecular flexibility index (Phi) is 12.5. The van der Waals surface area contributed by atoms with Crippen LogP contribution in [0.2, 0.25) is 0 Å². The highest BCUT2D eigenvalue weighted by Crippen LogP contribution is 2.76. The Bertz CT molecular complexity index is 1370. The van der Waals surface area contributed by atoms with E-state index in [0.717, 1.165) is 38.5 Å². The topological polar surface area (TPSA) is 219 Å². The van der Waals surface area contributed by atoms with Gasteiger partial charge in [0.05, 0.1) is 31.0 Å². The van der Waals surface area contributed by atoms with Crippen molar-refractivity contribution >= 4 is 0 Å². The molecule has 0 aromatic rings. The third-order valence-corrected chi connectivity index (χ3v) is 16.6. The first-order chi connectivity index (χ1) is 25.6. The van der Waals surface area contributed by atoms with E-state index in [0.29, 0.717) is 19.3 Å². The summed E-state index contributed by atoms with van der Waals surface area (Å²) in [5.74, 6) is 0.445. The van der Waals surface area contributed by atoms with Crippen LogP contribution in [-0.2, 0) is 18.9 Å². The predicted octanol–water partition coefficient (Wildman–Crippen LogP) is 2.15. The summed E-state index contributed by atoms with van der Waals surface area (Å²) in [6, 6.07) is 0. The van der Waals surface area contributed by atoms with Crippen molar-refractivity contribution in [2.24, 2.45) is 45.3 Å². The second-order valence-electron chi connectivity index (χ2n) is 20.1. The number of ether oxygens (including phenoxy) is 4. The number of hydrogen-bond acceptors (Lipinski definition) is 13. The van der Waals surface area contributed by atoms with Gasteiger partial charge in [-0.1, -0.05) is 46.3 Å². The molecular formula is C42H72O13. The summed E-state index contributed by atoms with van der Waals surface area (Å²) in [5, 5.41) is 97.4. The van der Waals surface area contributed by atoms with Gasteiger partial charge in [-0.25, -0.2) is 0 Å². The Labute approximate surface area is 327 Å². The molecule has 55 heavy (non-hydrogen) atoms. The zero-order chi connectivity index (χ0) is 40.6. The SMILES string of the molecule is CC(C)=CCC[C@@](C)(O)[C@@H]1CC[C@@]2(C)[C@H]1[C@H](O)C[C@H]1[C@]3(C)CC[C@@H](O[C@H]4O[C@@H](CO)[C@H](O)[C@@H](O)[C@@H]4O[C@@H]4O[C@H](CO)[C@H](O)[C@H](O)[C@@H]4O)C(C)(C)[C@@H]3CC[C@]12C. The molecular weight excluding hydrogens is 712 g/mol. The quantitative estimate of drug-likeness (QED) is 0.115. The van der Waals surface area contributed by atoms with E-state index in [9.17, 15) is 46.0 Å². The predicted molar refractivity (Wildman–Crippen MR) is 201 cm³/mol. The van der Waals surface area contributed by atoms with Gasteiger partial charge in [0, 0.05) is 0 Å². The molecule has 6 fully saturated rings. The van der Waals surface area contributed by atoms with Crippen molar-refractivity contribution in [3.05, 3.63) is 11.6 Å². The maximum atomic E-state index is 12.2. The van der Waals surface area contributed by atoms with E-state index in [1.807, 2.05) is 6.92 Å². The molecule has 0 amide bonds. The van der Waals surface area contributed by atoms with Crippen LogP contribution in [0.25, 0.3) is 0 Å². The summed E-state index contributed by atoms with van der Waals surface area (Å²) < 4.78 is 24.4. The Hall–Kier alpha value is -0.780. The van der Waals surface area contributed by atoms with E-state index in [1.54, 1.807) is 0 Å². The Morgan fingerprint density at radius 3 is 1.95 bits per heavy atom. The lowest BCUT2D eigenvalue weighted by molar-refractivity contribution is -0.378. The van der Waals surface area contributed by atoms with Crippen LogP contribution >= 0.6 is 0 Å². The largest absolute Gasteiger partial charge is 0.394 e. The maximum Gasteiger partial charge on any atom is 0.187 e. The fraction of sp³-hybridized carbons (Fsp3) is 0.952. The van der Waals surface area contributed by atoms with E-state index in [1.165, 1.54) is 5.57 Å². The molecule has 0 radical (unpaired) electrons. The molecule has 318 valence electrons. The molecule has 2 saturated heterocycles. The van der Waals surface area contributed by atoms with Gasteiger partial charge in [0.1, 0.15) is 48.8 Å². The standard InChI is InChI=1S/C42H72O13/c1-21(2)10-9-14-42(8,51)22-11-16-41(7)29(22)23(45)18-27-39(5)15-13-28(38(3,4)26(39)12-17-40(27,41)6)54-37-35(33(49)31(47)25(20-44)53-37)55-36-34(50)32(48)30(46)24(19-43)52-36/h10,22-37,43-51H,9,11-20H2,1-8H3/t22-,23-,24-,25+,26+,27+,28-,29-,30+,31+,32+,33-,34+,35+,36+,37-,39-,40-,41+,42-/m1/s1. The summed E-state index contributed by atoms with van der Waals surface area (Å²) in [7, 11) is 0. The first-order valence-electron chi connectivity index (χ1n) is 20.9. The average Bonchev–Trinajstić information content (AvgIpc) is 3.50. The highest BCUT2D eigenvalue weighted by molar-refractivity contribution is 5.20. The fourth-order valence-corrected chi connectivity index (χ4v) is 13.3. The monoisotopic (exact) mass is 784 g/mol. The molecule has 4 aliphatic carbocycles. The first kappa shape index (κ1) is 43.8. The molecule has 9 N–H and O–H groups in total. The van der Waals surface area contributed by atoms with Gasteiger partial charge in [0.25, 0.3) is 0 Å². The van der Waals surface area contributed by atoms with Crippen LogP contribution in [0.15, 0.2) is 11.6 Å². The molecule has 0 bridgehead atoms. The minimum absolute atomic E-state index is 0.00798. The normalized spacial score (nSPS) is 52.0. The number of aliphatic hydroxyl groups is 9. The summed E-state index contributed by atoms with van der Waals surface area (Å²) in [6.45, 7) is 16.5. The van der Waals surface area contributed by atoms with Crippen LogP contribution in [0.1, 0.15) is 113 Å². The second-order valence-corrected chi connectivity index (χ2v) is 20.1. The number of allylic oxidation sites excluding steroid dienone is 2. The van der Waals surface area contributed by atoms with Crippen LogP contribution in [0, 0.1) is 45.3 Å². The summed E-state index contributed by atoms with van der Waals surface area (Å²) in [4.78, 5) is 0. The molecule has 0 aromatic carbocycles. The summed E-state index contributed by atoms with van der Waals surface area (Å²) in [5.41, 5.74) is -0.405. The van der Waals surface area contributed by atoms with Gasteiger partial charge in [-0.2, -0.15) is 0 Å². The maximum absolute atomic E-state index is 12.2. The van der Waals surface area contributed by atoms with Crippen molar-refractivity contribution in [3.8, 4) is 0 Å². The third-order valence-electron chi connectivity index (χ3n) is 16.6. The number of fused-ring (bicyclic) bond motifs is 5. The molecule has 0 unspecified atom stereocenters. The zero-order valence-electron chi connectivity index (χ0n) is 34.3. The highest BCUT2D eigenvalue weighted by Gasteiger charge is 2.71. The van der Waals surface area contributed by atoms with Gasteiger partial charge in [-0.05, 0) is 124 Å². The highest BCUT2D eigenvalue weighted by atomic mass is 16.8. The number of rotatable bonds is 10. The van der Waals surface area contributed by atoms with Crippen LogP contribution in [-0.4, -0.2) is 138 Å².